The molecule has 4 nitrogen and oxygen atoms in total. The highest BCUT2D eigenvalue weighted by Gasteiger charge is 2.25. The molecule has 1 amide bonds. The summed E-state index contributed by atoms with van der Waals surface area (Å²) < 4.78 is 1.25. The van der Waals surface area contributed by atoms with Gasteiger partial charge in [-0.05, 0) is 49.4 Å². The van der Waals surface area contributed by atoms with Crippen LogP contribution < -0.4 is 0 Å². The molecule has 1 saturated heterocycles. The molecule has 0 bridgehead atoms. The summed E-state index contributed by atoms with van der Waals surface area (Å²) in [6, 6.07) is 10.5. The van der Waals surface area contributed by atoms with Gasteiger partial charge in [0.05, 0.1) is 21.6 Å². The summed E-state index contributed by atoms with van der Waals surface area (Å²) in [5.74, 6) is 0.231. The van der Waals surface area contributed by atoms with Crippen LogP contribution in [0.5, 0.6) is 0 Å². The van der Waals surface area contributed by atoms with Crippen LogP contribution in [-0.4, -0.2) is 46.9 Å². The van der Waals surface area contributed by atoms with Gasteiger partial charge in [0.1, 0.15) is 5.01 Å². The number of nitrogens with zero attached hydrogens (tertiary/aromatic N) is 3. The van der Waals surface area contributed by atoms with Crippen LogP contribution in [-0.2, 0) is 19.4 Å². The van der Waals surface area contributed by atoms with Gasteiger partial charge in [-0.3, -0.25) is 9.69 Å². The van der Waals surface area contributed by atoms with Crippen molar-refractivity contribution in [1.29, 1.82) is 0 Å². The Morgan fingerprint density at radius 2 is 1.85 bits per heavy atom. The Hall–Kier alpha value is -1.76. The SMILES string of the molecule is O=C(c1cc2c(s1)CCCC2)N1CCN(Cc2nc3ccccc3s2)CC1. The molecule has 1 aliphatic heterocycles. The van der Waals surface area contributed by atoms with Crippen molar-refractivity contribution in [1.82, 2.24) is 14.8 Å². The van der Waals surface area contributed by atoms with Crippen molar-refractivity contribution in [3.8, 4) is 0 Å². The summed E-state index contributed by atoms with van der Waals surface area (Å²) in [6.45, 7) is 4.35. The minimum absolute atomic E-state index is 0.231. The fraction of sp³-hybridized carbons (Fsp3) is 0.429. The number of para-hydroxylation sites is 1. The van der Waals surface area contributed by atoms with Gasteiger partial charge in [-0.1, -0.05) is 12.1 Å². The maximum Gasteiger partial charge on any atom is 0.264 e. The number of aryl methyl sites for hydroxylation is 2. The first-order valence-electron chi connectivity index (χ1n) is 9.74. The lowest BCUT2D eigenvalue weighted by Gasteiger charge is -2.34. The van der Waals surface area contributed by atoms with Crippen LogP contribution in [0.1, 0.15) is 38.0 Å². The Morgan fingerprint density at radius 3 is 2.67 bits per heavy atom. The standard InChI is InChI=1S/C21H23N3OS2/c25-21(19-13-15-5-1-3-7-17(15)26-19)24-11-9-23(10-12-24)14-20-22-16-6-2-4-8-18(16)27-20/h2,4,6,8,13H,1,3,5,7,9-12,14H2. The summed E-state index contributed by atoms with van der Waals surface area (Å²) in [6.07, 6.45) is 4.84. The maximum atomic E-state index is 12.9. The highest BCUT2D eigenvalue weighted by molar-refractivity contribution is 7.18. The van der Waals surface area contributed by atoms with Crippen LogP contribution in [0.2, 0.25) is 0 Å². The summed E-state index contributed by atoms with van der Waals surface area (Å²) in [4.78, 5) is 24.5. The number of fused-ring (bicyclic) bond motifs is 2. The van der Waals surface area contributed by atoms with Crippen LogP contribution in [0, 0.1) is 0 Å². The quantitative estimate of drug-likeness (QED) is 0.665. The van der Waals surface area contributed by atoms with Gasteiger partial charge in [-0.25, -0.2) is 4.98 Å². The van der Waals surface area contributed by atoms with E-state index in [0.717, 1.165) is 56.0 Å². The van der Waals surface area contributed by atoms with E-state index in [-0.39, 0.29) is 5.91 Å². The lowest BCUT2D eigenvalue weighted by molar-refractivity contribution is 0.0633. The van der Waals surface area contributed by atoms with Crippen LogP contribution in [0.15, 0.2) is 30.3 Å². The third-order valence-corrected chi connectivity index (χ3v) is 7.81. The zero-order chi connectivity index (χ0) is 18.2. The fourth-order valence-electron chi connectivity index (χ4n) is 4.04. The molecule has 27 heavy (non-hydrogen) atoms. The molecule has 1 aromatic carbocycles. The van der Waals surface area contributed by atoms with Gasteiger partial charge >= 0.3 is 0 Å². The largest absolute Gasteiger partial charge is 0.335 e. The van der Waals surface area contributed by atoms with Gasteiger partial charge in [-0.2, -0.15) is 0 Å². The van der Waals surface area contributed by atoms with Crippen molar-refractivity contribution >= 4 is 38.8 Å². The average Bonchev–Trinajstić information content (AvgIpc) is 3.31. The molecule has 6 heteroatoms. The molecular weight excluding hydrogens is 374 g/mol. The molecule has 5 rings (SSSR count). The molecular formula is C21H23N3OS2. The summed E-state index contributed by atoms with van der Waals surface area (Å²) in [5.41, 5.74) is 2.51. The van der Waals surface area contributed by atoms with Crippen molar-refractivity contribution in [2.45, 2.75) is 32.2 Å². The van der Waals surface area contributed by atoms with Gasteiger partial charge < -0.3 is 4.90 Å². The molecule has 1 aliphatic carbocycles. The Morgan fingerprint density at radius 1 is 1.04 bits per heavy atom. The van der Waals surface area contributed by atoms with E-state index >= 15 is 0 Å². The fourth-order valence-corrected chi connectivity index (χ4v) is 6.27. The third-order valence-electron chi connectivity index (χ3n) is 5.56. The second-order valence-electron chi connectivity index (χ2n) is 7.41. The van der Waals surface area contributed by atoms with Crippen LogP contribution in [0.3, 0.4) is 0 Å². The second kappa shape index (κ2) is 7.34. The van der Waals surface area contributed by atoms with Crippen LogP contribution in [0.25, 0.3) is 10.2 Å². The number of thiazole rings is 1. The molecule has 0 spiro atoms. The van der Waals surface area contributed by atoms with E-state index < -0.39 is 0 Å². The molecule has 140 valence electrons. The molecule has 2 aliphatic rings. The lowest BCUT2D eigenvalue weighted by Crippen LogP contribution is -2.48. The molecule has 0 radical (unpaired) electrons. The van der Waals surface area contributed by atoms with Crippen molar-refractivity contribution in [2.75, 3.05) is 26.2 Å². The molecule has 0 unspecified atom stereocenters. The van der Waals surface area contributed by atoms with Crippen molar-refractivity contribution in [3.63, 3.8) is 0 Å². The third kappa shape index (κ3) is 3.53. The van der Waals surface area contributed by atoms with Crippen LogP contribution >= 0.6 is 22.7 Å². The molecule has 1 fully saturated rings. The smallest absolute Gasteiger partial charge is 0.264 e. The number of thiophene rings is 1. The van der Waals surface area contributed by atoms with E-state index in [0.29, 0.717) is 0 Å². The Balaban J connectivity index is 1.20. The molecule has 0 atom stereocenters. The van der Waals surface area contributed by atoms with E-state index in [1.165, 1.54) is 33.0 Å². The van der Waals surface area contributed by atoms with E-state index in [1.54, 1.807) is 22.7 Å². The number of hydrogen-bond donors (Lipinski definition) is 0. The lowest BCUT2D eigenvalue weighted by atomic mass is 9.99. The summed E-state index contributed by atoms with van der Waals surface area (Å²) in [7, 11) is 0. The van der Waals surface area contributed by atoms with Crippen molar-refractivity contribution in [2.24, 2.45) is 0 Å². The van der Waals surface area contributed by atoms with Gasteiger partial charge in [0.15, 0.2) is 0 Å². The van der Waals surface area contributed by atoms with Gasteiger partial charge in [-0.15, -0.1) is 22.7 Å². The Labute approximate surface area is 167 Å². The first-order valence-corrected chi connectivity index (χ1v) is 11.4. The van der Waals surface area contributed by atoms with Gasteiger partial charge in [0, 0.05) is 31.1 Å². The molecule has 2 aromatic heterocycles. The zero-order valence-electron chi connectivity index (χ0n) is 15.3. The average molecular weight is 398 g/mol. The van der Waals surface area contributed by atoms with Gasteiger partial charge in [0.25, 0.3) is 5.91 Å². The highest BCUT2D eigenvalue weighted by Crippen LogP contribution is 2.30. The van der Waals surface area contributed by atoms with E-state index in [2.05, 4.69) is 29.2 Å². The van der Waals surface area contributed by atoms with Gasteiger partial charge in [0.2, 0.25) is 0 Å². The van der Waals surface area contributed by atoms with E-state index in [1.807, 2.05) is 11.0 Å². The number of carbonyl (C=O) groups is 1. The predicted octanol–water partition coefficient (Wildman–Crippen LogP) is 4.19. The monoisotopic (exact) mass is 397 g/mol. The first kappa shape index (κ1) is 17.3. The maximum absolute atomic E-state index is 12.9. The molecule has 3 aromatic rings. The first-order chi connectivity index (χ1) is 13.3. The van der Waals surface area contributed by atoms with Crippen molar-refractivity contribution < 1.29 is 4.79 Å². The van der Waals surface area contributed by atoms with E-state index in [9.17, 15) is 4.79 Å². The minimum Gasteiger partial charge on any atom is -0.335 e. The summed E-state index contributed by atoms with van der Waals surface area (Å²) in [5, 5.41) is 1.17. The van der Waals surface area contributed by atoms with E-state index in [4.69, 9.17) is 4.98 Å². The number of aromatic nitrogens is 1. The van der Waals surface area contributed by atoms with Crippen molar-refractivity contribution in [3.05, 3.63) is 50.7 Å². The number of piperazine rings is 1. The Bertz CT molecular complexity index is 912. The molecule has 0 saturated carbocycles. The topological polar surface area (TPSA) is 36.4 Å². The Kier molecular flexibility index (Phi) is 4.71. The number of carbonyl (C=O) groups excluding carboxylic acids is 1. The normalized spacial score (nSPS) is 18.0. The number of hydrogen-bond acceptors (Lipinski definition) is 5. The minimum atomic E-state index is 0.231. The second-order valence-corrected chi connectivity index (χ2v) is 9.66. The number of benzene rings is 1. The zero-order valence-corrected chi connectivity index (χ0v) is 17.0. The number of amides is 1. The number of rotatable bonds is 3. The molecule has 3 heterocycles. The predicted molar refractivity (Wildman–Crippen MR) is 112 cm³/mol. The van der Waals surface area contributed by atoms with Crippen LogP contribution in [0.4, 0.5) is 0 Å². The summed E-state index contributed by atoms with van der Waals surface area (Å²) >= 11 is 3.51. The highest BCUT2D eigenvalue weighted by atomic mass is 32.1. The molecule has 0 N–H and O–H groups in total.